The molecule has 2 nitrogen and oxygen atoms in total. The van der Waals surface area contributed by atoms with Crippen LogP contribution in [-0.2, 0) is 0 Å². The molecule has 2 fully saturated rings. The second kappa shape index (κ2) is 6.74. The third-order valence-corrected chi connectivity index (χ3v) is 6.21. The van der Waals surface area contributed by atoms with Gasteiger partial charge in [0, 0.05) is 12.8 Å². The highest BCUT2D eigenvalue weighted by atomic mass is 15.2. The average molecular weight is 325 g/mol. The molecular formula is C22H31N2+. The Morgan fingerprint density at radius 2 is 1.62 bits per heavy atom. The normalized spacial score (nSPS) is 20.5. The van der Waals surface area contributed by atoms with Crippen molar-refractivity contribution in [2.24, 2.45) is 0 Å². The monoisotopic (exact) mass is 324 g/mol. The fourth-order valence-electron chi connectivity index (χ4n) is 4.88. The standard InChI is InChI=1S/C22H31N2/c1-17-10-6-9-15-21(17)23-16-24(20-13-7-8-14-20)22(18(23)2)19-11-4-3-5-12-19/h6,9-10,15-16,19-20H,3-5,7-8,11-14H2,1-2H3/q+1/i16D. The lowest BCUT2D eigenvalue weighted by molar-refractivity contribution is -0.602. The summed E-state index contributed by atoms with van der Waals surface area (Å²) in [5.41, 5.74) is 5.21. The number of imidazole rings is 1. The molecule has 0 N–H and O–H groups in total. The topological polar surface area (TPSA) is 8.81 Å². The lowest BCUT2D eigenvalue weighted by atomic mass is 9.86. The Hall–Kier alpha value is -1.57. The summed E-state index contributed by atoms with van der Waals surface area (Å²) in [5, 5.41) is 0. The van der Waals surface area contributed by atoms with E-state index in [1.54, 1.807) is 0 Å². The first-order valence-corrected chi connectivity index (χ1v) is 9.88. The van der Waals surface area contributed by atoms with Crippen molar-refractivity contribution in [1.29, 1.82) is 0 Å². The van der Waals surface area contributed by atoms with Crippen LogP contribution in [0.2, 0.25) is 0 Å². The van der Waals surface area contributed by atoms with E-state index in [0.717, 1.165) is 0 Å². The molecule has 0 amide bonds. The number of aromatic nitrogens is 2. The molecule has 1 heterocycles. The zero-order valence-electron chi connectivity index (χ0n) is 16.2. The highest BCUT2D eigenvalue weighted by Gasteiger charge is 2.34. The molecule has 0 atom stereocenters. The maximum Gasteiger partial charge on any atom is 0.249 e. The van der Waals surface area contributed by atoms with Gasteiger partial charge in [-0.25, -0.2) is 4.57 Å². The number of para-hydroxylation sites is 1. The molecule has 128 valence electrons. The van der Waals surface area contributed by atoms with E-state index in [1.807, 2.05) is 0 Å². The van der Waals surface area contributed by atoms with Gasteiger partial charge in [-0.05, 0) is 57.1 Å². The quantitative estimate of drug-likeness (QED) is 0.655. The number of aryl methyl sites for hydroxylation is 1. The van der Waals surface area contributed by atoms with Crippen molar-refractivity contribution in [3.8, 4) is 5.69 Å². The van der Waals surface area contributed by atoms with Gasteiger partial charge in [0.2, 0.25) is 6.30 Å². The van der Waals surface area contributed by atoms with Gasteiger partial charge in [-0.2, -0.15) is 4.57 Å². The van der Waals surface area contributed by atoms with Gasteiger partial charge in [-0.15, -0.1) is 0 Å². The smallest absolute Gasteiger partial charge is 0.230 e. The largest absolute Gasteiger partial charge is 0.249 e. The van der Waals surface area contributed by atoms with Crippen LogP contribution in [0.25, 0.3) is 5.69 Å². The first-order chi connectivity index (χ1) is 12.2. The van der Waals surface area contributed by atoms with Crippen molar-refractivity contribution in [2.45, 2.75) is 83.6 Å². The van der Waals surface area contributed by atoms with Crippen molar-refractivity contribution in [3.05, 3.63) is 47.5 Å². The molecule has 0 bridgehead atoms. The SMILES string of the molecule is [2H]c1n(C2CCCC2)c(C2CCCCC2)c(C)[n+]1-c1ccccc1C. The van der Waals surface area contributed by atoms with Crippen LogP contribution in [0.15, 0.2) is 30.6 Å². The van der Waals surface area contributed by atoms with E-state index in [-0.39, 0.29) is 0 Å². The van der Waals surface area contributed by atoms with Crippen LogP contribution in [0.5, 0.6) is 0 Å². The van der Waals surface area contributed by atoms with Crippen molar-refractivity contribution >= 4 is 0 Å². The summed E-state index contributed by atoms with van der Waals surface area (Å²) in [4.78, 5) is 0. The average Bonchev–Trinajstić information content (AvgIpc) is 3.23. The minimum Gasteiger partial charge on any atom is -0.230 e. The third-order valence-electron chi connectivity index (χ3n) is 6.21. The summed E-state index contributed by atoms with van der Waals surface area (Å²) in [6, 6.07) is 9.06. The number of benzene rings is 1. The van der Waals surface area contributed by atoms with Gasteiger partial charge in [-0.1, -0.05) is 37.5 Å². The molecule has 0 unspecified atom stereocenters. The molecule has 0 radical (unpaired) electrons. The molecule has 4 rings (SSSR count). The third kappa shape index (κ3) is 2.81. The summed E-state index contributed by atoms with van der Waals surface area (Å²) >= 11 is 0. The fraction of sp³-hybridized carbons (Fsp3) is 0.591. The van der Waals surface area contributed by atoms with Crippen LogP contribution in [-0.4, -0.2) is 4.57 Å². The minimum atomic E-state index is 0.536. The molecule has 24 heavy (non-hydrogen) atoms. The number of nitrogens with zero attached hydrogens (tertiary/aromatic N) is 2. The predicted octanol–water partition coefficient (Wildman–Crippen LogP) is 5.54. The molecule has 2 saturated carbocycles. The predicted molar refractivity (Wildman–Crippen MR) is 98.8 cm³/mol. The summed E-state index contributed by atoms with van der Waals surface area (Å²) in [5.74, 6) is 0.642. The Kier molecular flexibility index (Phi) is 4.14. The Bertz CT molecular complexity index is 750. The molecule has 2 aliphatic carbocycles. The Morgan fingerprint density at radius 3 is 2.33 bits per heavy atom. The molecule has 2 aromatic rings. The molecule has 2 aliphatic rings. The highest BCUT2D eigenvalue weighted by molar-refractivity contribution is 5.33. The molecule has 2 heteroatoms. The molecule has 0 aliphatic heterocycles. The molecule has 1 aromatic heterocycles. The second-order valence-electron chi connectivity index (χ2n) is 7.84. The van der Waals surface area contributed by atoms with E-state index in [0.29, 0.717) is 18.3 Å². The fourth-order valence-corrected chi connectivity index (χ4v) is 4.88. The van der Waals surface area contributed by atoms with E-state index >= 15 is 0 Å². The molecule has 1 aromatic carbocycles. The van der Waals surface area contributed by atoms with Crippen LogP contribution < -0.4 is 4.57 Å². The Labute approximate surface area is 147 Å². The van der Waals surface area contributed by atoms with Crippen LogP contribution in [0, 0.1) is 13.8 Å². The maximum absolute atomic E-state index is 9.05. The highest BCUT2D eigenvalue weighted by Crippen LogP contribution is 2.38. The number of rotatable bonds is 3. The molecule has 0 spiro atoms. The Balaban J connectivity index is 1.89. The van der Waals surface area contributed by atoms with Gasteiger partial charge in [0.25, 0.3) is 0 Å². The zero-order valence-corrected chi connectivity index (χ0v) is 15.2. The van der Waals surface area contributed by atoms with Gasteiger partial charge in [0.15, 0.2) is 1.37 Å². The van der Waals surface area contributed by atoms with E-state index in [2.05, 4.69) is 47.2 Å². The van der Waals surface area contributed by atoms with E-state index in [4.69, 9.17) is 1.37 Å². The van der Waals surface area contributed by atoms with E-state index in [1.165, 1.54) is 80.4 Å². The van der Waals surface area contributed by atoms with Crippen molar-refractivity contribution in [3.63, 3.8) is 0 Å². The van der Waals surface area contributed by atoms with Crippen LogP contribution in [0.1, 0.15) is 88.1 Å². The second-order valence-corrected chi connectivity index (χ2v) is 7.84. The first kappa shape index (κ1) is 14.7. The van der Waals surface area contributed by atoms with Crippen molar-refractivity contribution in [1.82, 2.24) is 4.57 Å². The van der Waals surface area contributed by atoms with Crippen LogP contribution in [0.4, 0.5) is 0 Å². The minimum absolute atomic E-state index is 0.536. The van der Waals surface area contributed by atoms with Gasteiger partial charge < -0.3 is 0 Å². The first-order valence-electron chi connectivity index (χ1n) is 10.4. The lowest BCUT2D eigenvalue weighted by Crippen LogP contribution is -2.33. The number of hydrogen-bond acceptors (Lipinski definition) is 0. The van der Waals surface area contributed by atoms with E-state index in [9.17, 15) is 0 Å². The number of hydrogen-bond donors (Lipinski definition) is 0. The van der Waals surface area contributed by atoms with E-state index < -0.39 is 0 Å². The summed E-state index contributed by atoms with van der Waals surface area (Å²) in [7, 11) is 0. The Morgan fingerprint density at radius 1 is 0.958 bits per heavy atom. The molecular weight excluding hydrogens is 292 g/mol. The summed E-state index contributed by atoms with van der Waals surface area (Å²) in [6.45, 7) is 4.41. The van der Waals surface area contributed by atoms with Gasteiger partial charge >= 0.3 is 0 Å². The van der Waals surface area contributed by atoms with Crippen molar-refractivity contribution in [2.75, 3.05) is 0 Å². The van der Waals surface area contributed by atoms with Gasteiger partial charge in [-0.3, -0.25) is 0 Å². The maximum atomic E-state index is 9.05. The van der Waals surface area contributed by atoms with Crippen molar-refractivity contribution < 1.29 is 5.94 Å². The van der Waals surface area contributed by atoms with Crippen LogP contribution >= 0.6 is 0 Å². The zero-order chi connectivity index (χ0) is 17.4. The van der Waals surface area contributed by atoms with Crippen LogP contribution in [0.3, 0.4) is 0 Å². The van der Waals surface area contributed by atoms with Gasteiger partial charge in [0.1, 0.15) is 23.1 Å². The lowest BCUT2D eigenvalue weighted by Gasteiger charge is -2.22. The summed E-state index contributed by atoms with van der Waals surface area (Å²) < 4.78 is 13.7. The summed E-state index contributed by atoms with van der Waals surface area (Å²) in [6.07, 6.45) is 12.5. The molecule has 0 saturated heterocycles. The van der Waals surface area contributed by atoms with Gasteiger partial charge in [0.05, 0.1) is 0 Å².